The molecule has 0 aliphatic carbocycles. The molecule has 0 aromatic carbocycles. The van der Waals surface area contributed by atoms with Crippen molar-refractivity contribution in [1.82, 2.24) is 29.4 Å². The van der Waals surface area contributed by atoms with Crippen molar-refractivity contribution in [3.63, 3.8) is 0 Å². The van der Waals surface area contributed by atoms with E-state index in [2.05, 4.69) is 24.8 Å². The van der Waals surface area contributed by atoms with Crippen LogP contribution >= 0.6 is 0 Å². The van der Waals surface area contributed by atoms with Gasteiger partial charge in [-0.1, -0.05) is 6.42 Å². The van der Waals surface area contributed by atoms with E-state index in [1.807, 2.05) is 6.92 Å². The van der Waals surface area contributed by atoms with Crippen molar-refractivity contribution in [2.24, 2.45) is 5.92 Å². The Labute approximate surface area is 154 Å². The summed E-state index contributed by atoms with van der Waals surface area (Å²) >= 11 is 0. The van der Waals surface area contributed by atoms with Gasteiger partial charge < -0.3 is 4.57 Å². The Hall–Kier alpha value is -2.02. The largest absolute Gasteiger partial charge is 0.314 e. The van der Waals surface area contributed by atoms with Crippen LogP contribution in [0.25, 0.3) is 0 Å². The maximum absolute atomic E-state index is 12.0. The number of likely N-dealkylation sites (tertiary alicyclic amines) is 1. The summed E-state index contributed by atoms with van der Waals surface area (Å²) in [6.45, 7) is 6.72. The van der Waals surface area contributed by atoms with Crippen LogP contribution in [0.15, 0.2) is 16.9 Å². The predicted molar refractivity (Wildman–Crippen MR) is 98.8 cm³/mol. The minimum atomic E-state index is 0.00387. The van der Waals surface area contributed by atoms with Crippen molar-refractivity contribution in [1.29, 1.82) is 0 Å². The molecule has 0 amide bonds. The average Bonchev–Trinajstić information content (AvgIpc) is 2.87. The van der Waals surface area contributed by atoms with Crippen molar-refractivity contribution >= 4 is 0 Å². The van der Waals surface area contributed by atoms with E-state index in [4.69, 9.17) is 0 Å². The van der Waals surface area contributed by atoms with Gasteiger partial charge in [0.05, 0.1) is 12.2 Å². The SMILES string of the molecule is Cc1ccc(=O)n(CC2CCN(Cc3nnc4n3CCCCC4)CC2)n1. The van der Waals surface area contributed by atoms with E-state index in [0.29, 0.717) is 5.92 Å². The highest BCUT2D eigenvalue weighted by molar-refractivity contribution is 4.99. The highest BCUT2D eigenvalue weighted by atomic mass is 16.1. The third-order valence-corrected chi connectivity index (χ3v) is 5.69. The van der Waals surface area contributed by atoms with E-state index in [0.717, 1.165) is 69.3 Å². The molecule has 0 atom stereocenters. The molecular formula is C19H28N6O. The highest BCUT2D eigenvalue weighted by Crippen LogP contribution is 2.21. The summed E-state index contributed by atoms with van der Waals surface area (Å²) in [5.74, 6) is 2.81. The van der Waals surface area contributed by atoms with Crippen molar-refractivity contribution < 1.29 is 0 Å². The van der Waals surface area contributed by atoms with Crippen molar-refractivity contribution in [2.75, 3.05) is 13.1 Å². The molecule has 1 saturated heterocycles. The van der Waals surface area contributed by atoms with E-state index in [9.17, 15) is 4.79 Å². The van der Waals surface area contributed by atoms with Crippen LogP contribution in [-0.4, -0.2) is 42.5 Å². The zero-order chi connectivity index (χ0) is 17.9. The van der Waals surface area contributed by atoms with Gasteiger partial charge in [0.1, 0.15) is 11.6 Å². The number of rotatable bonds is 4. The topological polar surface area (TPSA) is 68.8 Å². The molecule has 7 heteroatoms. The van der Waals surface area contributed by atoms with Crippen molar-refractivity contribution in [3.05, 3.63) is 39.8 Å². The molecule has 0 radical (unpaired) electrons. The van der Waals surface area contributed by atoms with Gasteiger partial charge in [0.2, 0.25) is 0 Å². The third kappa shape index (κ3) is 3.87. The van der Waals surface area contributed by atoms with E-state index >= 15 is 0 Å². The van der Waals surface area contributed by atoms with E-state index < -0.39 is 0 Å². The maximum Gasteiger partial charge on any atom is 0.266 e. The molecule has 7 nitrogen and oxygen atoms in total. The predicted octanol–water partition coefficient (Wildman–Crippen LogP) is 1.78. The van der Waals surface area contributed by atoms with Gasteiger partial charge in [0, 0.05) is 25.6 Å². The molecular weight excluding hydrogens is 328 g/mol. The molecule has 4 rings (SSSR count). The molecule has 0 spiro atoms. The minimum Gasteiger partial charge on any atom is -0.314 e. The van der Waals surface area contributed by atoms with Crippen LogP contribution in [0.3, 0.4) is 0 Å². The number of hydrogen-bond donors (Lipinski definition) is 0. The smallest absolute Gasteiger partial charge is 0.266 e. The summed E-state index contributed by atoms with van der Waals surface area (Å²) in [5, 5.41) is 13.2. The molecule has 0 unspecified atom stereocenters. The Morgan fingerprint density at radius 2 is 1.92 bits per heavy atom. The first-order chi connectivity index (χ1) is 12.7. The lowest BCUT2D eigenvalue weighted by atomic mass is 9.97. The Balaban J connectivity index is 1.33. The maximum atomic E-state index is 12.0. The second-order valence-electron chi connectivity index (χ2n) is 7.71. The first-order valence-electron chi connectivity index (χ1n) is 9.87. The molecule has 1 fully saturated rings. The Kier molecular flexibility index (Phi) is 5.15. The monoisotopic (exact) mass is 356 g/mol. The third-order valence-electron chi connectivity index (χ3n) is 5.69. The van der Waals surface area contributed by atoms with E-state index in [-0.39, 0.29) is 5.56 Å². The van der Waals surface area contributed by atoms with Gasteiger partial charge in [0.25, 0.3) is 5.56 Å². The van der Waals surface area contributed by atoms with Crippen LogP contribution in [-0.2, 0) is 26.1 Å². The molecule has 2 aliphatic heterocycles. The van der Waals surface area contributed by atoms with Crippen molar-refractivity contribution in [2.45, 2.75) is 65.1 Å². The van der Waals surface area contributed by atoms with Gasteiger partial charge >= 0.3 is 0 Å². The second kappa shape index (κ2) is 7.70. The lowest BCUT2D eigenvalue weighted by Gasteiger charge is -2.31. The lowest BCUT2D eigenvalue weighted by Crippen LogP contribution is -2.37. The molecule has 0 bridgehead atoms. The minimum absolute atomic E-state index is 0.00387. The number of piperidine rings is 1. The van der Waals surface area contributed by atoms with E-state index in [1.165, 1.54) is 19.3 Å². The fourth-order valence-corrected chi connectivity index (χ4v) is 4.12. The van der Waals surface area contributed by atoms with Crippen LogP contribution in [0.2, 0.25) is 0 Å². The molecule has 2 aromatic rings. The first-order valence-corrected chi connectivity index (χ1v) is 9.87. The van der Waals surface area contributed by atoms with Crippen LogP contribution in [0, 0.1) is 12.8 Å². The van der Waals surface area contributed by atoms with Gasteiger partial charge in [-0.15, -0.1) is 10.2 Å². The Morgan fingerprint density at radius 3 is 2.77 bits per heavy atom. The summed E-state index contributed by atoms with van der Waals surface area (Å²) in [6, 6.07) is 3.40. The molecule has 26 heavy (non-hydrogen) atoms. The first kappa shape index (κ1) is 17.4. The van der Waals surface area contributed by atoms with Gasteiger partial charge in [-0.25, -0.2) is 4.68 Å². The van der Waals surface area contributed by atoms with Crippen LogP contribution < -0.4 is 5.56 Å². The summed E-state index contributed by atoms with van der Waals surface area (Å²) in [7, 11) is 0. The van der Waals surface area contributed by atoms with Crippen LogP contribution in [0.4, 0.5) is 0 Å². The molecule has 0 saturated carbocycles. The standard InChI is InChI=1S/C19H28N6O/c1-15-6-7-19(26)25(22-15)13-16-8-11-23(12-9-16)14-18-21-20-17-5-3-2-4-10-24(17)18/h6-7,16H,2-5,8-14H2,1H3. The molecule has 4 heterocycles. The zero-order valence-corrected chi connectivity index (χ0v) is 15.6. The lowest BCUT2D eigenvalue weighted by molar-refractivity contribution is 0.158. The number of hydrogen-bond acceptors (Lipinski definition) is 5. The van der Waals surface area contributed by atoms with Crippen LogP contribution in [0.5, 0.6) is 0 Å². The summed E-state index contributed by atoms with van der Waals surface area (Å²) in [4.78, 5) is 14.4. The summed E-state index contributed by atoms with van der Waals surface area (Å²) in [6.07, 6.45) is 7.02. The normalized spacial score (nSPS) is 19.3. The summed E-state index contributed by atoms with van der Waals surface area (Å²) in [5.41, 5.74) is 0.902. The second-order valence-corrected chi connectivity index (χ2v) is 7.71. The van der Waals surface area contributed by atoms with E-state index in [1.54, 1.807) is 16.8 Å². The fraction of sp³-hybridized carbons (Fsp3) is 0.684. The molecule has 0 N–H and O–H groups in total. The number of fused-ring (bicyclic) bond motifs is 1. The highest BCUT2D eigenvalue weighted by Gasteiger charge is 2.23. The van der Waals surface area contributed by atoms with Crippen molar-refractivity contribution in [3.8, 4) is 0 Å². The molecule has 2 aromatic heterocycles. The van der Waals surface area contributed by atoms with Gasteiger partial charge in [0.15, 0.2) is 0 Å². The van der Waals surface area contributed by atoms with Gasteiger partial charge in [-0.3, -0.25) is 9.69 Å². The van der Waals surface area contributed by atoms with Gasteiger partial charge in [-0.05, 0) is 57.7 Å². The van der Waals surface area contributed by atoms with Gasteiger partial charge in [-0.2, -0.15) is 5.10 Å². The number of nitrogens with zero attached hydrogens (tertiary/aromatic N) is 6. The Bertz CT molecular complexity index is 803. The zero-order valence-electron chi connectivity index (χ0n) is 15.6. The quantitative estimate of drug-likeness (QED) is 0.835. The molecule has 2 aliphatic rings. The summed E-state index contributed by atoms with van der Waals surface area (Å²) < 4.78 is 3.98. The molecule has 140 valence electrons. The Morgan fingerprint density at radius 1 is 1.08 bits per heavy atom. The number of aromatic nitrogens is 5. The number of aryl methyl sites for hydroxylation is 2. The average molecular weight is 356 g/mol. The fourth-order valence-electron chi connectivity index (χ4n) is 4.12. The van der Waals surface area contributed by atoms with Crippen LogP contribution in [0.1, 0.15) is 49.4 Å².